The fourth-order valence-corrected chi connectivity index (χ4v) is 1.89. The van der Waals surface area contributed by atoms with E-state index < -0.39 is 12.1 Å². The van der Waals surface area contributed by atoms with Gasteiger partial charge in [0.15, 0.2) is 12.1 Å². The lowest BCUT2D eigenvalue weighted by Crippen LogP contribution is -2.31. The Morgan fingerprint density at radius 2 is 2.15 bits per heavy atom. The first-order valence-electron chi connectivity index (χ1n) is 4.70. The van der Waals surface area contributed by atoms with Crippen LogP contribution in [0.15, 0.2) is 0 Å². The zero-order chi connectivity index (χ0) is 9.47. The number of aliphatic hydroxyl groups is 1. The lowest BCUT2D eigenvalue weighted by atomic mass is 10.0. The fraction of sp³-hybridized carbons (Fsp3) is 1.00. The molecular formula is C9H16O4. The fourth-order valence-electron chi connectivity index (χ4n) is 1.89. The molecule has 2 aliphatic heterocycles. The summed E-state index contributed by atoms with van der Waals surface area (Å²) < 4.78 is 16.1. The van der Waals surface area contributed by atoms with Gasteiger partial charge in [-0.05, 0) is 20.3 Å². The number of ether oxygens (including phenoxy) is 3. The van der Waals surface area contributed by atoms with Gasteiger partial charge in [-0.25, -0.2) is 0 Å². The molecule has 13 heavy (non-hydrogen) atoms. The number of hydrogen-bond donors (Lipinski definition) is 1. The number of hydrogen-bond acceptors (Lipinski definition) is 4. The van der Waals surface area contributed by atoms with Crippen molar-refractivity contribution < 1.29 is 19.3 Å². The molecular weight excluding hydrogens is 172 g/mol. The molecule has 2 fully saturated rings. The van der Waals surface area contributed by atoms with Crippen LogP contribution in [0, 0.1) is 5.92 Å². The van der Waals surface area contributed by atoms with Crippen LogP contribution in [0.5, 0.6) is 0 Å². The number of aliphatic hydroxyl groups excluding tert-OH is 1. The first-order chi connectivity index (χ1) is 6.08. The Morgan fingerprint density at radius 1 is 1.38 bits per heavy atom. The second-order valence-electron chi connectivity index (χ2n) is 4.08. The highest BCUT2D eigenvalue weighted by atomic mass is 16.7. The summed E-state index contributed by atoms with van der Waals surface area (Å²) in [5.41, 5.74) is 0. The molecule has 2 saturated heterocycles. The van der Waals surface area contributed by atoms with Crippen molar-refractivity contribution in [1.29, 1.82) is 0 Å². The van der Waals surface area contributed by atoms with E-state index in [0.717, 1.165) is 6.42 Å². The minimum Gasteiger partial charge on any atom is -0.368 e. The maximum absolute atomic E-state index is 9.46. The Hall–Kier alpha value is -0.160. The van der Waals surface area contributed by atoms with Gasteiger partial charge < -0.3 is 19.3 Å². The Labute approximate surface area is 77.8 Å². The molecule has 0 aromatic rings. The van der Waals surface area contributed by atoms with E-state index in [2.05, 4.69) is 0 Å². The molecule has 0 spiro atoms. The predicted molar refractivity (Wildman–Crippen MR) is 45.0 cm³/mol. The summed E-state index contributed by atoms with van der Waals surface area (Å²) in [5.74, 6) is -0.436. The van der Waals surface area contributed by atoms with Crippen molar-refractivity contribution in [3.8, 4) is 0 Å². The molecule has 0 aromatic carbocycles. The van der Waals surface area contributed by atoms with Gasteiger partial charge in [0.25, 0.3) is 0 Å². The Kier molecular flexibility index (Phi) is 2.32. The molecule has 0 bridgehead atoms. The Balaban J connectivity index is 1.95. The Morgan fingerprint density at radius 3 is 2.62 bits per heavy atom. The van der Waals surface area contributed by atoms with Crippen LogP contribution in [-0.2, 0) is 14.2 Å². The average molecular weight is 188 g/mol. The van der Waals surface area contributed by atoms with Crippen molar-refractivity contribution in [3.63, 3.8) is 0 Å². The average Bonchev–Trinajstić information content (AvgIpc) is 2.56. The van der Waals surface area contributed by atoms with Crippen LogP contribution < -0.4 is 0 Å². The highest BCUT2D eigenvalue weighted by Gasteiger charge is 2.42. The first kappa shape index (κ1) is 9.40. The zero-order valence-electron chi connectivity index (χ0n) is 8.03. The van der Waals surface area contributed by atoms with Crippen LogP contribution in [0.25, 0.3) is 0 Å². The third-order valence-electron chi connectivity index (χ3n) is 2.61. The lowest BCUT2D eigenvalue weighted by molar-refractivity contribution is -0.160. The molecule has 0 amide bonds. The third-order valence-corrected chi connectivity index (χ3v) is 2.61. The van der Waals surface area contributed by atoms with Gasteiger partial charge in [-0.1, -0.05) is 0 Å². The molecule has 3 atom stereocenters. The van der Waals surface area contributed by atoms with E-state index in [9.17, 15) is 5.11 Å². The highest BCUT2D eigenvalue weighted by Crippen LogP contribution is 2.32. The summed E-state index contributed by atoms with van der Waals surface area (Å²) in [6, 6.07) is 0. The molecule has 0 radical (unpaired) electrons. The quantitative estimate of drug-likeness (QED) is 0.650. The van der Waals surface area contributed by atoms with Crippen molar-refractivity contribution in [1.82, 2.24) is 0 Å². The summed E-state index contributed by atoms with van der Waals surface area (Å²) in [6.45, 7) is 4.94. The van der Waals surface area contributed by atoms with E-state index >= 15 is 0 Å². The van der Waals surface area contributed by atoms with Crippen LogP contribution >= 0.6 is 0 Å². The van der Waals surface area contributed by atoms with Gasteiger partial charge in [0.05, 0.1) is 19.3 Å². The van der Waals surface area contributed by atoms with Crippen LogP contribution in [0.4, 0.5) is 0 Å². The molecule has 0 aliphatic carbocycles. The molecule has 1 N–H and O–H groups in total. The van der Waals surface area contributed by atoms with Crippen molar-refractivity contribution in [2.45, 2.75) is 38.4 Å². The summed E-state index contributed by atoms with van der Waals surface area (Å²) in [4.78, 5) is 0. The van der Waals surface area contributed by atoms with E-state index in [1.54, 1.807) is 0 Å². The van der Waals surface area contributed by atoms with E-state index in [1.165, 1.54) is 0 Å². The monoisotopic (exact) mass is 188 g/mol. The molecule has 0 saturated carbocycles. The smallest absolute Gasteiger partial charge is 0.163 e. The lowest BCUT2D eigenvalue weighted by Gasteiger charge is -2.21. The van der Waals surface area contributed by atoms with Gasteiger partial charge in [0.1, 0.15) is 0 Å². The molecule has 0 aromatic heterocycles. The maximum atomic E-state index is 9.46. The topological polar surface area (TPSA) is 47.9 Å². The van der Waals surface area contributed by atoms with Crippen LogP contribution in [-0.4, -0.2) is 36.5 Å². The zero-order valence-corrected chi connectivity index (χ0v) is 8.03. The summed E-state index contributed by atoms with van der Waals surface area (Å²) in [7, 11) is 0. The molecule has 2 aliphatic rings. The van der Waals surface area contributed by atoms with Gasteiger partial charge in [-0.15, -0.1) is 0 Å². The Bertz CT molecular complexity index is 192. The first-order valence-corrected chi connectivity index (χ1v) is 4.70. The molecule has 2 heterocycles. The SMILES string of the molecule is CC1(C)OCC(C2CCOC2O)O1. The van der Waals surface area contributed by atoms with E-state index in [-0.39, 0.29) is 12.0 Å². The van der Waals surface area contributed by atoms with Gasteiger partial charge in [-0.3, -0.25) is 0 Å². The van der Waals surface area contributed by atoms with Crippen LogP contribution in [0.3, 0.4) is 0 Å². The molecule has 4 nitrogen and oxygen atoms in total. The van der Waals surface area contributed by atoms with Crippen LogP contribution in [0.1, 0.15) is 20.3 Å². The maximum Gasteiger partial charge on any atom is 0.163 e. The van der Waals surface area contributed by atoms with Gasteiger partial charge in [-0.2, -0.15) is 0 Å². The van der Waals surface area contributed by atoms with Crippen molar-refractivity contribution >= 4 is 0 Å². The van der Waals surface area contributed by atoms with Gasteiger partial charge in [0, 0.05) is 5.92 Å². The number of rotatable bonds is 1. The highest BCUT2D eigenvalue weighted by molar-refractivity contribution is 4.82. The van der Waals surface area contributed by atoms with Crippen LogP contribution in [0.2, 0.25) is 0 Å². The summed E-state index contributed by atoms with van der Waals surface area (Å²) >= 11 is 0. The van der Waals surface area contributed by atoms with Crippen molar-refractivity contribution in [3.05, 3.63) is 0 Å². The van der Waals surface area contributed by atoms with E-state index in [4.69, 9.17) is 14.2 Å². The third kappa shape index (κ3) is 1.86. The molecule has 3 unspecified atom stereocenters. The van der Waals surface area contributed by atoms with Gasteiger partial charge in [0.2, 0.25) is 0 Å². The second-order valence-corrected chi connectivity index (χ2v) is 4.08. The van der Waals surface area contributed by atoms with Gasteiger partial charge >= 0.3 is 0 Å². The molecule has 4 heteroatoms. The summed E-state index contributed by atoms with van der Waals surface area (Å²) in [5, 5.41) is 9.46. The largest absolute Gasteiger partial charge is 0.368 e. The summed E-state index contributed by atoms with van der Waals surface area (Å²) in [6.07, 6.45) is 0.153. The molecule has 2 rings (SSSR count). The second kappa shape index (κ2) is 3.20. The normalized spacial score (nSPS) is 44.1. The minimum absolute atomic E-state index is 0.0208. The predicted octanol–water partition coefficient (Wildman–Crippen LogP) is 0.493. The van der Waals surface area contributed by atoms with Crippen molar-refractivity contribution in [2.75, 3.05) is 13.2 Å². The molecule has 76 valence electrons. The standard InChI is InChI=1S/C9H16O4/c1-9(2)12-5-7(13-9)6-3-4-11-8(6)10/h6-8,10H,3-5H2,1-2H3. The van der Waals surface area contributed by atoms with E-state index in [0.29, 0.717) is 13.2 Å². The van der Waals surface area contributed by atoms with Crippen molar-refractivity contribution in [2.24, 2.45) is 5.92 Å². The van der Waals surface area contributed by atoms with E-state index in [1.807, 2.05) is 13.8 Å². The minimum atomic E-state index is -0.678.